The van der Waals surface area contributed by atoms with Crippen molar-refractivity contribution in [3.8, 4) is 11.8 Å². The first-order valence-electron chi connectivity index (χ1n) is 10.1. The summed E-state index contributed by atoms with van der Waals surface area (Å²) < 4.78 is 30.8. The number of carbonyl (C=O) groups excluding carboxylic acids is 2. The van der Waals surface area contributed by atoms with E-state index in [9.17, 15) is 23.3 Å². The monoisotopic (exact) mass is 475 g/mol. The van der Waals surface area contributed by atoms with E-state index in [0.29, 0.717) is 11.4 Å². The summed E-state index contributed by atoms with van der Waals surface area (Å²) in [4.78, 5) is 23.6. The van der Waals surface area contributed by atoms with Crippen molar-refractivity contribution < 1.29 is 22.2 Å². The minimum Gasteiger partial charge on any atom is -0.378 e. The molecule has 2 amide bonds. The van der Waals surface area contributed by atoms with Gasteiger partial charge in [0.2, 0.25) is 5.91 Å². The molecule has 0 unspecified atom stereocenters. The Kier molecular flexibility index (Phi) is 7.46. The number of nitriles is 1. The van der Waals surface area contributed by atoms with Gasteiger partial charge in [-0.25, -0.2) is 0 Å². The molecule has 3 aromatic carbocycles. The largest absolute Gasteiger partial charge is 0.378 e. The Hall–Kier alpha value is -4.42. The first-order chi connectivity index (χ1) is 16.2. The molecular weight excluding hydrogens is 454 g/mol. The van der Waals surface area contributed by atoms with E-state index in [2.05, 4.69) is 10.6 Å². The van der Waals surface area contributed by atoms with Gasteiger partial charge in [0.15, 0.2) is 0 Å². The maximum Gasteiger partial charge on any atom is 0.339 e. The molecule has 0 atom stereocenters. The van der Waals surface area contributed by atoms with Gasteiger partial charge >= 0.3 is 10.1 Å². The zero-order valence-electron chi connectivity index (χ0n) is 18.4. The van der Waals surface area contributed by atoms with Crippen molar-refractivity contribution >= 4 is 39.4 Å². The molecule has 0 aromatic heterocycles. The molecule has 0 heterocycles. The topological polar surface area (TPSA) is 125 Å². The number of hydrogen-bond donors (Lipinski definition) is 2. The third kappa shape index (κ3) is 6.31. The van der Waals surface area contributed by atoms with Gasteiger partial charge < -0.3 is 14.8 Å². The molecule has 0 bridgehead atoms. The van der Waals surface area contributed by atoms with Crippen molar-refractivity contribution in [2.75, 3.05) is 10.6 Å². The van der Waals surface area contributed by atoms with E-state index in [1.54, 1.807) is 24.3 Å². The fourth-order valence-electron chi connectivity index (χ4n) is 2.89. The number of anilines is 2. The predicted octanol–water partition coefficient (Wildman–Crippen LogP) is 4.27. The first-order valence-corrected chi connectivity index (χ1v) is 11.5. The van der Waals surface area contributed by atoms with Crippen LogP contribution in [0.5, 0.6) is 5.75 Å². The Bertz CT molecular complexity index is 1390. The fourth-order valence-corrected chi connectivity index (χ4v) is 3.84. The maximum absolute atomic E-state index is 12.8. The highest BCUT2D eigenvalue weighted by molar-refractivity contribution is 7.87. The van der Waals surface area contributed by atoms with E-state index >= 15 is 0 Å². The zero-order valence-corrected chi connectivity index (χ0v) is 19.2. The van der Waals surface area contributed by atoms with Crippen LogP contribution in [0.1, 0.15) is 18.1 Å². The molecule has 34 heavy (non-hydrogen) atoms. The van der Waals surface area contributed by atoms with Gasteiger partial charge in [-0.3, -0.25) is 9.59 Å². The number of benzene rings is 3. The van der Waals surface area contributed by atoms with E-state index < -0.39 is 16.0 Å². The van der Waals surface area contributed by atoms with Gasteiger partial charge in [0.1, 0.15) is 22.3 Å². The van der Waals surface area contributed by atoms with Crippen molar-refractivity contribution in [3.63, 3.8) is 0 Å². The molecule has 0 aliphatic carbocycles. The summed E-state index contributed by atoms with van der Waals surface area (Å²) >= 11 is 0. The summed E-state index contributed by atoms with van der Waals surface area (Å²) in [6.45, 7) is 3.25. The summed E-state index contributed by atoms with van der Waals surface area (Å²) in [5.41, 5.74) is 1.98. The average Bonchev–Trinajstić information content (AvgIpc) is 2.79. The average molecular weight is 476 g/mol. The molecule has 172 valence electrons. The summed E-state index contributed by atoms with van der Waals surface area (Å²) in [6.07, 6.45) is 1.26. The molecule has 0 saturated carbocycles. The van der Waals surface area contributed by atoms with Gasteiger partial charge in [-0.2, -0.15) is 13.7 Å². The Morgan fingerprint density at radius 2 is 1.50 bits per heavy atom. The lowest BCUT2D eigenvalue weighted by Gasteiger charge is -2.11. The molecule has 0 radical (unpaired) electrons. The third-order valence-electron chi connectivity index (χ3n) is 4.56. The second-order valence-electron chi connectivity index (χ2n) is 7.27. The molecule has 3 aromatic rings. The molecule has 8 nitrogen and oxygen atoms in total. The maximum atomic E-state index is 12.8. The number of hydrogen-bond acceptors (Lipinski definition) is 6. The second kappa shape index (κ2) is 10.5. The Morgan fingerprint density at radius 1 is 0.912 bits per heavy atom. The minimum absolute atomic E-state index is 0.0516. The van der Waals surface area contributed by atoms with Crippen LogP contribution in [0.15, 0.2) is 83.3 Å². The van der Waals surface area contributed by atoms with Crippen LogP contribution in [0.4, 0.5) is 11.4 Å². The van der Waals surface area contributed by atoms with Crippen molar-refractivity contribution in [2.24, 2.45) is 0 Å². The van der Waals surface area contributed by atoms with Crippen LogP contribution in [0.2, 0.25) is 0 Å². The van der Waals surface area contributed by atoms with E-state index in [1.807, 2.05) is 25.1 Å². The summed E-state index contributed by atoms with van der Waals surface area (Å²) in [6, 6.07) is 20.5. The molecular formula is C25H21N3O5S. The lowest BCUT2D eigenvalue weighted by Crippen LogP contribution is -2.14. The summed E-state index contributed by atoms with van der Waals surface area (Å²) in [7, 11) is -4.22. The van der Waals surface area contributed by atoms with Gasteiger partial charge in [0, 0.05) is 23.9 Å². The van der Waals surface area contributed by atoms with Gasteiger partial charge in [-0.1, -0.05) is 35.9 Å². The van der Waals surface area contributed by atoms with Crippen molar-refractivity contribution in [3.05, 3.63) is 89.5 Å². The Morgan fingerprint density at radius 3 is 2.12 bits per heavy atom. The predicted molar refractivity (Wildman–Crippen MR) is 128 cm³/mol. The standard InChI is InChI=1S/C25H21N3O5S/c1-17-7-9-22(10-8-17)28-25(30)20(16-26)15-19-5-3-4-6-24(19)33-34(31,32)23-13-11-21(12-14-23)27-18(2)29/h3-15H,1-2H3,(H,27,29)(H,28,30)/b20-15+. The normalized spacial score (nSPS) is 11.3. The molecule has 0 aliphatic heterocycles. The van der Waals surface area contributed by atoms with Crippen LogP contribution in [0.25, 0.3) is 6.08 Å². The molecule has 0 saturated heterocycles. The number of amides is 2. The van der Waals surface area contributed by atoms with Crippen LogP contribution in [0.3, 0.4) is 0 Å². The lowest BCUT2D eigenvalue weighted by molar-refractivity contribution is -0.114. The number of aryl methyl sites for hydroxylation is 1. The van der Waals surface area contributed by atoms with Crippen LogP contribution in [-0.4, -0.2) is 20.2 Å². The highest BCUT2D eigenvalue weighted by atomic mass is 32.2. The van der Waals surface area contributed by atoms with Crippen LogP contribution in [-0.2, 0) is 19.7 Å². The number of nitrogens with one attached hydrogen (secondary N) is 2. The van der Waals surface area contributed by atoms with Crippen molar-refractivity contribution in [1.29, 1.82) is 5.26 Å². The minimum atomic E-state index is -4.22. The highest BCUT2D eigenvalue weighted by Crippen LogP contribution is 2.26. The van der Waals surface area contributed by atoms with Crippen LogP contribution < -0.4 is 14.8 Å². The summed E-state index contributed by atoms with van der Waals surface area (Å²) in [5, 5.41) is 14.7. The Labute approximate surface area is 197 Å². The first kappa shape index (κ1) is 24.2. The van der Waals surface area contributed by atoms with E-state index in [-0.39, 0.29) is 27.7 Å². The SMILES string of the molecule is CC(=O)Nc1ccc(S(=O)(=O)Oc2ccccc2/C=C(\C#N)C(=O)Nc2ccc(C)cc2)cc1. The molecule has 2 N–H and O–H groups in total. The second-order valence-corrected chi connectivity index (χ2v) is 8.82. The third-order valence-corrected chi connectivity index (χ3v) is 5.80. The van der Waals surface area contributed by atoms with E-state index in [0.717, 1.165) is 5.56 Å². The number of carbonyl (C=O) groups is 2. The zero-order chi connectivity index (χ0) is 24.7. The van der Waals surface area contributed by atoms with E-state index in [1.165, 1.54) is 49.4 Å². The molecule has 0 aliphatic rings. The lowest BCUT2D eigenvalue weighted by atomic mass is 10.1. The van der Waals surface area contributed by atoms with Gasteiger partial charge in [0.25, 0.3) is 5.91 Å². The van der Waals surface area contributed by atoms with Gasteiger partial charge in [0.05, 0.1) is 0 Å². The van der Waals surface area contributed by atoms with Gasteiger partial charge in [-0.05, 0) is 55.5 Å². The fraction of sp³-hybridized carbons (Fsp3) is 0.0800. The van der Waals surface area contributed by atoms with Crippen molar-refractivity contribution in [2.45, 2.75) is 18.7 Å². The molecule has 3 rings (SSSR count). The number of nitrogens with zero attached hydrogens (tertiary/aromatic N) is 1. The summed E-state index contributed by atoms with van der Waals surface area (Å²) in [5.74, 6) is -0.978. The number of rotatable bonds is 7. The quantitative estimate of drug-likeness (QED) is 0.299. The smallest absolute Gasteiger partial charge is 0.339 e. The van der Waals surface area contributed by atoms with E-state index in [4.69, 9.17) is 4.18 Å². The Balaban J connectivity index is 1.84. The molecule has 0 fully saturated rings. The molecule has 9 heteroatoms. The van der Waals surface area contributed by atoms with Gasteiger partial charge in [-0.15, -0.1) is 0 Å². The highest BCUT2D eigenvalue weighted by Gasteiger charge is 2.19. The van der Waals surface area contributed by atoms with Crippen molar-refractivity contribution in [1.82, 2.24) is 0 Å². The molecule has 0 spiro atoms. The van der Waals surface area contributed by atoms with Crippen LogP contribution in [0, 0.1) is 18.3 Å². The van der Waals surface area contributed by atoms with Crippen LogP contribution >= 0.6 is 0 Å². The number of para-hydroxylation sites is 1.